The Balaban J connectivity index is 1.69. The molecule has 0 unspecified atom stereocenters. The van der Waals surface area contributed by atoms with Gasteiger partial charge in [-0.3, -0.25) is 4.98 Å². The van der Waals surface area contributed by atoms with E-state index >= 15 is 0 Å². The lowest BCUT2D eigenvalue weighted by atomic mass is 9.97. The van der Waals surface area contributed by atoms with Gasteiger partial charge >= 0.3 is 0 Å². The van der Waals surface area contributed by atoms with E-state index in [1.165, 1.54) is 6.08 Å². The number of allylic oxidation sites excluding steroid dienone is 2. The summed E-state index contributed by atoms with van der Waals surface area (Å²) in [4.78, 5) is 4.25. The van der Waals surface area contributed by atoms with Crippen LogP contribution in [0.15, 0.2) is 42.7 Å². The second-order valence-corrected chi connectivity index (χ2v) is 9.36. The molecule has 0 spiro atoms. The molecular weight excluding hydrogens is 372 g/mol. The number of rotatable bonds is 7. The van der Waals surface area contributed by atoms with E-state index in [9.17, 15) is 8.42 Å². The van der Waals surface area contributed by atoms with Gasteiger partial charge in [-0.2, -0.15) is 5.26 Å². The zero-order chi connectivity index (χ0) is 20.0. The van der Waals surface area contributed by atoms with Gasteiger partial charge in [-0.05, 0) is 55.2 Å². The fourth-order valence-corrected chi connectivity index (χ4v) is 4.73. The Bertz CT molecular complexity index is 987. The highest BCUT2D eigenvalue weighted by Crippen LogP contribution is 2.27. The molecule has 2 aromatic rings. The van der Waals surface area contributed by atoms with Crippen LogP contribution in [-0.2, 0) is 16.4 Å². The van der Waals surface area contributed by atoms with E-state index in [2.05, 4.69) is 22.4 Å². The monoisotopic (exact) mass is 398 g/mol. The molecule has 2 heterocycles. The van der Waals surface area contributed by atoms with Crippen molar-refractivity contribution in [2.24, 2.45) is 5.92 Å². The number of piperidine rings is 1. The van der Waals surface area contributed by atoms with Crippen LogP contribution >= 0.6 is 0 Å². The van der Waals surface area contributed by atoms with Crippen LogP contribution in [-0.4, -0.2) is 43.1 Å². The molecule has 28 heavy (non-hydrogen) atoms. The largest absolute Gasteiger partial charge is 0.384 e. The van der Waals surface area contributed by atoms with E-state index in [0.717, 1.165) is 41.4 Å². The van der Waals surface area contributed by atoms with Gasteiger partial charge in [-0.15, -0.1) is 0 Å². The number of nitrogens with zero attached hydrogens (tertiary/aromatic N) is 3. The molecule has 148 valence electrons. The normalized spacial score (nSPS) is 16.4. The average Bonchev–Trinajstić information content (AvgIpc) is 2.72. The molecule has 1 aliphatic heterocycles. The molecule has 1 aromatic carbocycles. The highest BCUT2D eigenvalue weighted by atomic mass is 32.2. The van der Waals surface area contributed by atoms with Gasteiger partial charge in [0, 0.05) is 49.2 Å². The molecular formula is C21H26N4O2S. The summed E-state index contributed by atoms with van der Waals surface area (Å²) >= 11 is 0. The third-order valence-electron chi connectivity index (χ3n) is 5.27. The summed E-state index contributed by atoms with van der Waals surface area (Å²) in [7, 11) is -3.08. The molecule has 0 radical (unpaired) electrons. The number of pyridine rings is 1. The Labute approximate surface area is 166 Å². The first-order chi connectivity index (χ1) is 13.5. The van der Waals surface area contributed by atoms with Crippen molar-refractivity contribution < 1.29 is 8.42 Å². The first-order valence-electron chi connectivity index (χ1n) is 9.66. The van der Waals surface area contributed by atoms with Crippen LogP contribution in [0.5, 0.6) is 0 Å². The van der Waals surface area contributed by atoms with E-state index in [1.54, 1.807) is 17.4 Å². The maximum atomic E-state index is 12.0. The quantitative estimate of drug-likeness (QED) is 0.723. The van der Waals surface area contributed by atoms with Crippen LogP contribution in [0.4, 0.5) is 5.69 Å². The smallest absolute Gasteiger partial charge is 0.213 e. The predicted molar refractivity (Wildman–Crippen MR) is 112 cm³/mol. The maximum Gasteiger partial charge on any atom is 0.213 e. The Morgan fingerprint density at radius 2 is 2.14 bits per heavy atom. The average molecular weight is 399 g/mol. The summed E-state index contributed by atoms with van der Waals surface area (Å²) < 4.78 is 25.6. The van der Waals surface area contributed by atoms with Crippen molar-refractivity contribution in [3.05, 3.63) is 48.3 Å². The zero-order valence-corrected chi connectivity index (χ0v) is 17.0. The number of sulfonamides is 1. The Kier molecular flexibility index (Phi) is 6.65. The molecule has 1 fully saturated rings. The van der Waals surface area contributed by atoms with E-state index in [0.29, 0.717) is 25.4 Å². The van der Waals surface area contributed by atoms with E-state index in [4.69, 9.17) is 5.26 Å². The second kappa shape index (κ2) is 9.18. The highest BCUT2D eigenvalue weighted by Gasteiger charge is 2.26. The minimum atomic E-state index is -3.08. The van der Waals surface area contributed by atoms with Crippen LogP contribution in [0.3, 0.4) is 0 Å². The molecule has 1 aromatic heterocycles. The van der Waals surface area contributed by atoms with Crippen molar-refractivity contribution in [1.82, 2.24) is 9.29 Å². The van der Waals surface area contributed by atoms with Gasteiger partial charge in [-0.1, -0.05) is 12.1 Å². The fourth-order valence-electron chi connectivity index (χ4n) is 3.60. The van der Waals surface area contributed by atoms with Crippen LogP contribution in [0, 0.1) is 17.2 Å². The molecule has 1 saturated heterocycles. The summed E-state index contributed by atoms with van der Waals surface area (Å²) in [5.74, 6) is 0.610. The summed E-state index contributed by atoms with van der Waals surface area (Å²) in [6.07, 6.45) is 9.44. The first-order valence-corrected chi connectivity index (χ1v) is 11.3. The second-order valence-electron chi connectivity index (χ2n) is 7.10. The van der Waals surface area contributed by atoms with Crippen molar-refractivity contribution in [1.29, 1.82) is 5.26 Å². The lowest BCUT2D eigenvalue weighted by molar-refractivity contribution is 0.282. The lowest BCUT2D eigenvalue weighted by Crippen LogP contribution is -2.40. The van der Waals surface area contributed by atoms with Gasteiger partial charge in [0.25, 0.3) is 0 Å². The maximum absolute atomic E-state index is 12.0. The number of benzene rings is 1. The van der Waals surface area contributed by atoms with Crippen LogP contribution < -0.4 is 5.32 Å². The van der Waals surface area contributed by atoms with Crippen molar-refractivity contribution in [3.63, 3.8) is 0 Å². The van der Waals surface area contributed by atoms with Gasteiger partial charge in [0.15, 0.2) is 0 Å². The molecule has 0 atom stereocenters. The number of anilines is 1. The SMILES string of the molecule is CCS(=O)(=O)N1CCC(CNc2cc(CC=CC#N)cc3ccncc23)CC1. The standard InChI is InChI=1S/C21H26N4O2S/c1-2-28(26,27)25-11-7-17(8-12-25)15-24-21-14-18(5-3-4-9-22)13-19-6-10-23-16-20(19)21/h3-4,6,10,13-14,16-17,24H,2,5,7-8,11-12,15H2,1H3. The van der Waals surface area contributed by atoms with Crippen LogP contribution in [0.2, 0.25) is 0 Å². The van der Waals surface area contributed by atoms with Crippen LogP contribution in [0.25, 0.3) is 10.8 Å². The van der Waals surface area contributed by atoms with Crippen molar-refractivity contribution >= 4 is 26.5 Å². The molecule has 3 rings (SSSR count). The number of nitriles is 1. The lowest BCUT2D eigenvalue weighted by Gasteiger charge is -2.31. The summed E-state index contributed by atoms with van der Waals surface area (Å²) in [5.41, 5.74) is 2.17. The molecule has 1 aliphatic rings. The third kappa shape index (κ3) is 4.89. The summed E-state index contributed by atoms with van der Waals surface area (Å²) in [6, 6.07) is 8.25. The summed E-state index contributed by atoms with van der Waals surface area (Å²) in [6.45, 7) is 3.70. The summed E-state index contributed by atoms with van der Waals surface area (Å²) in [5, 5.41) is 14.4. The first kappa shape index (κ1) is 20.3. The number of hydrogen-bond donors (Lipinski definition) is 1. The number of nitrogens with one attached hydrogen (secondary N) is 1. The van der Waals surface area contributed by atoms with Gasteiger partial charge in [-0.25, -0.2) is 12.7 Å². The van der Waals surface area contributed by atoms with Gasteiger partial charge in [0.05, 0.1) is 11.8 Å². The van der Waals surface area contributed by atoms with Crippen LogP contribution in [0.1, 0.15) is 25.3 Å². The zero-order valence-electron chi connectivity index (χ0n) is 16.1. The number of fused-ring (bicyclic) bond motifs is 1. The molecule has 7 heteroatoms. The third-order valence-corrected chi connectivity index (χ3v) is 7.16. The predicted octanol–water partition coefficient (Wildman–Crippen LogP) is 3.33. The minimum absolute atomic E-state index is 0.169. The van der Waals surface area contributed by atoms with E-state index < -0.39 is 10.0 Å². The van der Waals surface area contributed by atoms with Gasteiger partial charge < -0.3 is 5.32 Å². The van der Waals surface area contributed by atoms with E-state index in [-0.39, 0.29) is 5.75 Å². The highest BCUT2D eigenvalue weighted by molar-refractivity contribution is 7.89. The fraction of sp³-hybridized carbons (Fsp3) is 0.429. The molecule has 0 saturated carbocycles. The van der Waals surface area contributed by atoms with Gasteiger partial charge in [0.1, 0.15) is 0 Å². The van der Waals surface area contributed by atoms with Crippen molar-refractivity contribution in [3.8, 4) is 6.07 Å². The number of hydrogen-bond acceptors (Lipinski definition) is 5. The molecule has 0 aliphatic carbocycles. The molecule has 0 bridgehead atoms. The Hall–Kier alpha value is -2.43. The topological polar surface area (TPSA) is 86.1 Å². The van der Waals surface area contributed by atoms with E-state index in [1.807, 2.05) is 24.4 Å². The number of aromatic nitrogens is 1. The van der Waals surface area contributed by atoms with Gasteiger partial charge in [0.2, 0.25) is 10.0 Å². The Morgan fingerprint density at radius 1 is 1.36 bits per heavy atom. The Morgan fingerprint density at radius 3 is 2.86 bits per heavy atom. The molecule has 1 N–H and O–H groups in total. The molecule has 6 nitrogen and oxygen atoms in total. The minimum Gasteiger partial charge on any atom is -0.384 e. The molecule has 0 amide bonds. The van der Waals surface area contributed by atoms with Crippen molar-refractivity contribution in [2.75, 3.05) is 30.7 Å². The van der Waals surface area contributed by atoms with Crippen molar-refractivity contribution in [2.45, 2.75) is 26.2 Å².